The van der Waals surface area contributed by atoms with Crippen LogP contribution < -0.4 is 15.5 Å². The number of pyridine rings is 1. The van der Waals surface area contributed by atoms with Crippen molar-refractivity contribution in [1.29, 1.82) is 0 Å². The Kier molecular flexibility index (Phi) is 8.85. The summed E-state index contributed by atoms with van der Waals surface area (Å²) in [7, 11) is 0. The molecular formula is C26H27FN4O3. The van der Waals surface area contributed by atoms with E-state index in [0.29, 0.717) is 11.5 Å². The van der Waals surface area contributed by atoms with Crippen LogP contribution in [-0.4, -0.2) is 29.3 Å². The van der Waals surface area contributed by atoms with Crippen molar-refractivity contribution in [2.24, 2.45) is 0 Å². The van der Waals surface area contributed by atoms with Crippen LogP contribution in [0.2, 0.25) is 0 Å². The lowest BCUT2D eigenvalue weighted by atomic mass is 10.1. The van der Waals surface area contributed by atoms with Gasteiger partial charge >= 0.3 is 0 Å². The zero-order valence-electron chi connectivity index (χ0n) is 19.0. The molecule has 7 nitrogen and oxygen atoms in total. The Balaban J connectivity index is 1.63. The minimum atomic E-state index is -0.366. The van der Waals surface area contributed by atoms with Crippen molar-refractivity contribution in [2.45, 2.75) is 32.7 Å². The fourth-order valence-electron chi connectivity index (χ4n) is 3.23. The van der Waals surface area contributed by atoms with Crippen LogP contribution in [0, 0.1) is 5.82 Å². The van der Waals surface area contributed by atoms with E-state index in [-0.39, 0.29) is 49.5 Å². The molecule has 2 N–H and O–H groups in total. The maximum absolute atomic E-state index is 13.1. The Morgan fingerprint density at radius 1 is 0.882 bits per heavy atom. The molecule has 0 spiro atoms. The first-order valence-corrected chi connectivity index (χ1v) is 11.1. The molecule has 176 valence electrons. The van der Waals surface area contributed by atoms with Crippen LogP contribution in [0.1, 0.15) is 30.9 Å². The van der Waals surface area contributed by atoms with Gasteiger partial charge in [-0.1, -0.05) is 37.3 Å². The number of nitrogens with one attached hydrogen (secondary N) is 2. The smallest absolute Gasteiger partial charge is 0.240 e. The number of carbonyl (C=O) groups excluding carboxylic acids is 3. The van der Waals surface area contributed by atoms with E-state index >= 15 is 0 Å². The third-order valence-electron chi connectivity index (χ3n) is 5.16. The molecule has 0 bridgehead atoms. The number of anilines is 2. The predicted octanol–water partition coefficient (Wildman–Crippen LogP) is 3.85. The van der Waals surface area contributed by atoms with E-state index in [1.54, 1.807) is 48.7 Å². The van der Waals surface area contributed by atoms with Crippen LogP contribution in [0.25, 0.3) is 0 Å². The molecule has 0 aliphatic carbocycles. The molecule has 34 heavy (non-hydrogen) atoms. The summed E-state index contributed by atoms with van der Waals surface area (Å²) in [5, 5.41) is 5.40. The third kappa shape index (κ3) is 7.51. The molecule has 0 aliphatic heterocycles. The highest BCUT2D eigenvalue weighted by atomic mass is 19.1. The van der Waals surface area contributed by atoms with Crippen LogP contribution in [-0.2, 0) is 27.3 Å². The number of rotatable bonds is 10. The van der Waals surface area contributed by atoms with Crippen molar-refractivity contribution >= 4 is 29.2 Å². The number of aryl methyl sites for hydroxylation is 1. The topological polar surface area (TPSA) is 91.4 Å². The molecule has 0 atom stereocenters. The second kappa shape index (κ2) is 12.2. The Hall–Kier alpha value is -4.07. The van der Waals surface area contributed by atoms with Crippen LogP contribution in [0.5, 0.6) is 0 Å². The minimum absolute atomic E-state index is 0.0455. The standard InChI is InChI=1S/C26H27FN4O3/c1-2-19-8-12-22(13-9-19)31(18-25(33)29-17-20-6-10-21(27)11-7-20)26(34)15-14-24(32)30-23-5-3-4-16-28-23/h3-13,16H,2,14-15,17-18H2,1H3,(H,29,33)(H,28,30,32). The number of benzene rings is 2. The van der Waals surface area contributed by atoms with E-state index in [1.807, 2.05) is 19.1 Å². The van der Waals surface area contributed by atoms with Gasteiger partial charge < -0.3 is 15.5 Å². The van der Waals surface area contributed by atoms with Gasteiger partial charge in [-0.25, -0.2) is 9.37 Å². The molecule has 8 heteroatoms. The van der Waals surface area contributed by atoms with Crippen LogP contribution in [0.15, 0.2) is 72.9 Å². The summed E-state index contributed by atoms with van der Waals surface area (Å²) < 4.78 is 13.1. The third-order valence-corrected chi connectivity index (χ3v) is 5.16. The zero-order valence-corrected chi connectivity index (χ0v) is 19.0. The van der Waals surface area contributed by atoms with Gasteiger partial charge in [0.15, 0.2) is 0 Å². The van der Waals surface area contributed by atoms with E-state index in [4.69, 9.17) is 0 Å². The lowest BCUT2D eigenvalue weighted by molar-refractivity contribution is -0.125. The van der Waals surface area contributed by atoms with E-state index in [1.165, 1.54) is 17.0 Å². The summed E-state index contributed by atoms with van der Waals surface area (Å²) in [5.74, 6) is -0.997. The molecule has 3 rings (SSSR count). The zero-order chi connectivity index (χ0) is 24.3. The monoisotopic (exact) mass is 462 g/mol. The van der Waals surface area contributed by atoms with Gasteiger partial charge in [0.2, 0.25) is 17.7 Å². The summed E-state index contributed by atoms with van der Waals surface area (Å²) in [6, 6.07) is 18.3. The lowest BCUT2D eigenvalue weighted by Crippen LogP contribution is -2.41. The maximum Gasteiger partial charge on any atom is 0.240 e. The van der Waals surface area contributed by atoms with E-state index < -0.39 is 0 Å². The fraction of sp³-hybridized carbons (Fsp3) is 0.231. The Morgan fingerprint density at radius 3 is 2.24 bits per heavy atom. The molecule has 1 aromatic heterocycles. The fourth-order valence-corrected chi connectivity index (χ4v) is 3.23. The molecule has 3 aromatic rings. The minimum Gasteiger partial charge on any atom is -0.350 e. The Bertz CT molecular complexity index is 1100. The Morgan fingerprint density at radius 2 is 1.59 bits per heavy atom. The number of nitrogens with zero attached hydrogens (tertiary/aromatic N) is 2. The lowest BCUT2D eigenvalue weighted by Gasteiger charge is -2.23. The summed E-state index contributed by atoms with van der Waals surface area (Å²) in [6.45, 7) is 2.04. The van der Waals surface area contributed by atoms with Crippen molar-refractivity contribution in [3.05, 3.63) is 89.9 Å². The quantitative estimate of drug-likeness (QED) is 0.479. The number of amides is 3. The molecule has 0 unspecified atom stereocenters. The highest BCUT2D eigenvalue weighted by Gasteiger charge is 2.20. The van der Waals surface area contributed by atoms with Crippen molar-refractivity contribution in [3.8, 4) is 0 Å². The van der Waals surface area contributed by atoms with Crippen LogP contribution in [0.4, 0.5) is 15.9 Å². The number of halogens is 1. The van der Waals surface area contributed by atoms with Gasteiger partial charge in [-0.05, 0) is 53.9 Å². The molecule has 2 aromatic carbocycles. The first kappa shape index (κ1) is 24.6. The van der Waals surface area contributed by atoms with Gasteiger partial charge in [-0.2, -0.15) is 0 Å². The average molecular weight is 463 g/mol. The summed E-state index contributed by atoms with van der Waals surface area (Å²) in [5.41, 5.74) is 2.42. The first-order valence-electron chi connectivity index (χ1n) is 11.1. The molecule has 0 aliphatic rings. The first-order chi connectivity index (χ1) is 16.4. The normalized spacial score (nSPS) is 10.4. The largest absolute Gasteiger partial charge is 0.350 e. The van der Waals surface area contributed by atoms with E-state index in [9.17, 15) is 18.8 Å². The number of hydrogen-bond acceptors (Lipinski definition) is 4. The molecule has 0 fully saturated rings. The summed E-state index contributed by atoms with van der Waals surface area (Å²) in [6.07, 6.45) is 2.29. The molecule has 1 heterocycles. The van der Waals surface area contributed by atoms with E-state index in [2.05, 4.69) is 15.6 Å². The highest BCUT2D eigenvalue weighted by Crippen LogP contribution is 2.18. The van der Waals surface area contributed by atoms with Gasteiger partial charge in [-0.3, -0.25) is 14.4 Å². The number of aromatic nitrogens is 1. The van der Waals surface area contributed by atoms with Gasteiger partial charge in [0, 0.05) is 31.3 Å². The van der Waals surface area contributed by atoms with Crippen molar-refractivity contribution in [3.63, 3.8) is 0 Å². The van der Waals surface area contributed by atoms with E-state index in [0.717, 1.165) is 17.5 Å². The SMILES string of the molecule is CCc1ccc(N(CC(=O)NCc2ccc(F)cc2)C(=O)CCC(=O)Nc2ccccn2)cc1. The van der Waals surface area contributed by atoms with Crippen LogP contribution in [0.3, 0.4) is 0 Å². The Labute approximate surface area is 198 Å². The van der Waals surface area contributed by atoms with Gasteiger partial charge in [0.1, 0.15) is 18.2 Å². The van der Waals surface area contributed by atoms with Crippen LogP contribution >= 0.6 is 0 Å². The predicted molar refractivity (Wildman–Crippen MR) is 129 cm³/mol. The molecule has 0 saturated heterocycles. The molecule has 0 saturated carbocycles. The molecule has 0 radical (unpaired) electrons. The molecular weight excluding hydrogens is 435 g/mol. The van der Waals surface area contributed by atoms with Crippen molar-refractivity contribution in [2.75, 3.05) is 16.8 Å². The van der Waals surface area contributed by atoms with Crippen molar-refractivity contribution in [1.82, 2.24) is 10.3 Å². The average Bonchev–Trinajstić information content (AvgIpc) is 2.86. The number of hydrogen-bond donors (Lipinski definition) is 2. The second-order valence-electron chi connectivity index (χ2n) is 7.67. The summed E-state index contributed by atoms with van der Waals surface area (Å²) in [4.78, 5) is 43.3. The maximum atomic E-state index is 13.1. The summed E-state index contributed by atoms with van der Waals surface area (Å²) >= 11 is 0. The van der Waals surface area contributed by atoms with Gasteiger partial charge in [-0.15, -0.1) is 0 Å². The second-order valence-corrected chi connectivity index (χ2v) is 7.67. The van der Waals surface area contributed by atoms with Gasteiger partial charge in [0.25, 0.3) is 0 Å². The van der Waals surface area contributed by atoms with Crippen molar-refractivity contribution < 1.29 is 18.8 Å². The van der Waals surface area contributed by atoms with Gasteiger partial charge in [0.05, 0.1) is 0 Å². The number of carbonyl (C=O) groups is 3. The highest BCUT2D eigenvalue weighted by molar-refractivity contribution is 6.01. The molecule has 3 amide bonds.